The molecule has 0 radical (unpaired) electrons. The number of piperazine rings is 1. The van der Waals surface area contributed by atoms with Crippen LogP contribution in [0.4, 0.5) is 11.4 Å². The van der Waals surface area contributed by atoms with E-state index in [0.29, 0.717) is 0 Å². The quantitative estimate of drug-likeness (QED) is 0.544. The lowest BCUT2D eigenvalue weighted by Gasteiger charge is -2.49. The lowest BCUT2D eigenvalue weighted by molar-refractivity contribution is -0.114. The highest BCUT2D eigenvalue weighted by Gasteiger charge is 2.36. The Bertz CT molecular complexity index is 1350. The maximum atomic E-state index is 12.9. The van der Waals surface area contributed by atoms with E-state index in [2.05, 4.69) is 59.2 Å². The van der Waals surface area contributed by atoms with Crippen LogP contribution in [-0.2, 0) is 18.4 Å². The van der Waals surface area contributed by atoms with Gasteiger partial charge in [-0.25, -0.2) is 0 Å². The van der Waals surface area contributed by atoms with Crippen molar-refractivity contribution in [2.75, 3.05) is 23.3 Å². The van der Waals surface area contributed by atoms with Gasteiger partial charge in [0.1, 0.15) is 12.1 Å². The number of rotatable bonds is 7. The molecule has 1 amide bonds. The highest BCUT2D eigenvalue weighted by molar-refractivity contribution is 5.89. The van der Waals surface area contributed by atoms with E-state index in [1.165, 1.54) is 6.92 Å². The summed E-state index contributed by atoms with van der Waals surface area (Å²) >= 11 is 0. The van der Waals surface area contributed by atoms with Gasteiger partial charge < -0.3 is 14.8 Å². The van der Waals surface area contributed by atoms with E-state index in [1.54, 1.807) is 28.6 Å². The van der Waals surface area contributed by atoms with Crippen molar-refractivity contribution >= 4 is 28.3 Å². The summed E-state index contributed by atoms with van der Waals surface area (Å²) in [6, 6.07) is 12.5. The number of pyridine rings is 1. The summed E-state index contributed by atoms with van der Waals surface area (Å²) < 4.78 is 3.20. The molecule has 1 unspecified atom stereocenters. The van der Waals surface area contributed by atoms with Crippen molar-refractivity contribution in [2.45, 2.75) is 65.2 Å². The minimum atomic E-state index is -0.0810. The topological polar surface area (TPSA) is 99.2 Å². The van der Waals surface area contributed by atoms with Crippen molar-refractivity contribution in [3.8, 4) is 6.07 Å². The Morgan fingerprint density at radius 2 is 1.97 bits per heavy atom. The zero-order valence-corrected chi connectivity index (χ0v) is 21.7. The first kappa shape index (κ1) is 25.5. The van der Waals surface area contributed by atoms with Crippen LogP contribution in [0.2, 0.25) is 0 Å². The molecule has 1 N–H and O–H groups in total. The molecule has 3 aromatic rings. The highest BCUT2D eigenvalue weighted by Crippen LogP contribution is 2.34. The number of benzene rings is 1. The number of hydrogen-bond acceptors (Lipinski definition) is 6. The van der Waals surface area contributed by atoms with E-state index in [9.17, 15) is 9.59 Å². The van der Waals surface area contributed by atoms with Crippen molar-refractivity contribution < 1.29 is 4.79 Å². The smallest absolute Gasteiger partial charge is 0.252 e. The molecule has 9 heteroatoms. The number of carbonyl (C=O) groups is 1. The Hall–Kier alpha value is -3.64. The van der Waals surface area contributed by atoms with Crippen LogP contribution in [-0.4, -0.2) is 50.3 Å². The molecule has 1 aliphatic rings. The van der Waals surface area contributed by atoms with Crippen LogP contribution < -0.4 is 15.8 Å². The third kappa shape index (κ3) is 4.86. The Morgan fingerprint density at radius 1 is 1.22 bits per heavy atom. The third-order valence-corrected chi connectivity index (χ3v) is 7.35. The van der Waals surface area contributed by atoms with Gasteiger partial charge >= 0.3 is 0 Å². The molecule has 0 aliphatic carbocycles. The Morgan fingerprint density at radius 3 is 2.64 bits per heavy atom. The van der Waals surface area contributed by atoms with E-state index in [-0.39, 0.29) is 36.1 Å². The molecule has 2 aromatic heterocycles. The van der Waals surface area contributed by atoms with Gasteiger partial charge in [0.2, 0.25) is 5.91 Å². The van der Waals surface area contributed by atoms with Crippen LogP contribution in [0, 0.1) is 11.3 Å². The first-order valence-electron chi connectivity index (χ1n) is 12.6. The number of nitrogens with one attached hydrogen (secondary N) is 1. The number of aryl methyl sites for hydroxylation is 1. The fraction of sp³-hybridized carbons (Fsp3) is 0.481. The van der Waals surface area contributed by atoms with Crippen molar-refractivity contribution in [1.29, 1.82) is 5.26 Å². The molecule has 1 fully saturated rings. The van der Waals surface area contributed by atoms with Crippen LogP contribution in [0.5, 0.6) is 0 Å². The van der Waals surface area contributed by atoms with E-state index in [0.717, 1.165) is 53.9 Å². The SMILES string of the molecule is CC[C@H]1CN(C(C)c2cccc(NC(C)=O)c2)[C@H](CC)CN1c1cc(=O)n(C)c2cn(CC#N)nc12. The Kier molecular flexibility index (Phi) is 7.45. The van der Waals surface area contributed by atoms with Gasteiger partial charge in [-0.2, -0.15) is 10.4 Å². The van der Waals surface area contributed by atoms with Crippen LogP contribution in [0.1, 0.15) is 52.1 Å². The maximum Gasteiger partial charge on any atom is 0.252 e. The first-order valence-corrected chi connectivity index (χ1v) is 12.6. The van der Waals surface area contributed by atoms with E-state index >= 15 is 0 Å². The molecule has 0 saturated carbocycles. The van der Waals surface area contributed by atoms with Crippen LogP contribution in [0.3, 0.4) is 0 Å². The van der Waals surface area contributed by atoms with Gasteiger partial charge in [0.05, 0.1) is 23.5 Å². The molecule has 1 aliphatic heterocycles. The molecule has 3 heterocycles. The van der Waals surface area contributed by atoms with Gasteiger partial charge in [0.25, 0.3) is 5.56 Å². The summed E-state index contributed by atoms with van der Waals surface area (Å²) in [4.78, 5) is 29.3. The number of nitriles is 1. The lowest BCUT2D eigenvalue weighted by Crippen LogP contribution is -2.58. The molecule has 9 nitrogen and oxygen atoms in total. The van der Waals surface area contributed by atoms with Crippen molar-refractivity contribution in [3.63, 3.8) is 0 Å². The summed E-state index contributed by atoms with van der Waals surface area (Å²) in [5.74, 6) is -0.0802. The van der Waals surface area contributed by atoms with Crippen LogP contribution in [0.15, 0.2) is 41.3 Å². The average molecular weight is 490 g/mol. The molecular weight excluding hydrogens is 454 g/mol. The Balaban J connectivity index is 1.69. The standard InChI is InChI=1S/C27H35N7O2/c1-6-22-16-34(24-14-26(36)31(5)25-17-32(12-11-28)30-27(24)25)23(7-2)15-33(22)18(3)20-9-8-10-21(13-20)29-19(4)35/h8-10,13-14,17-18,22-23H,6-7,12,15-16H2,1-5H3,(H,29,35)/t18?,22-,23+/m1/s1. The zero-order valence-electron chi connectivity index (χ0n) is 21.7. The van der Waals surface area contributed by atoms with Crippen molar-refractivity contribution in [2.24, 2.45) is 7.05 Å². The van der Waals surface area contributed by atoms with Gasteiger partial charge in [0, 0.05) is 56.9 Å². The number of anilines is 2. The first-order chi connectivity index (χ1) is 17.3. The molecule has 0 spiro atoms. The largest absolute Gasteiger partial charge is 0.364 e. The summed E-state index contributed by atoms with van der Waals surface area (Å²) in [6.07, 6.45) is 3.66. The molecule has 1 saturated heterocycles. The number of aromatic nitrogens is 3. The average Bonchev–Trinajstić information content (AvgIpc) is 3.29. The molecule has 3 atom stereocenters. The molecule has 190 valence electrons. The van der Waals surface area contributed by atoms with E-state index in [1.807, 2.05) is 12.1 Å². The van der Waals surface area contributed by atoms with Crippen LogP contribution in [0.25, 0.3) is 11.0 Å². The number of fused-ring (bicyclic) bond motifs is 1. The molecular formula is C27H35N7O2. The minimum absolute atomic E-state index is 0.0802. The predicted octanol–water partition coefficient (Wildman–Crippen LogP) is 3.66. The van der Waals surface area contributed by atoms with Crippen molar-refractivity contribution in [3.05, 3.63) is 52.4 Å². The predicted molar refractivity (Wildman–Crippen MR) is 142 cm³/mol. The number of amides is 1. The Labute approximate surface area is 211 Å². The molecule has 4 rings (SSSR count). The van der Waals surface area contributed by atoms with Gasteiger partial charge in [-0.05, 0) is 37.5 Å². The van der Waals surface area contributed by atoms with Crippen LogP contribution >= 0.6 is 0 Å². The van der Waals surface area contributed by atoms with Gasteiger partial charge in [-0.15, -0.1) is 0 Å². The zero-order chi connectivity index (χ0) is 26.0. The number of nitrogens with zero attached hydrogens (tertiary/aromatic N) is 6. The van der Waals surface area contributed by atoms with Crippen molar-refractivity contribution in [1.82, 2.24) is 19.2 Å². The summed E-state index contributed by atoms with van der Waals surface area (Å²) in [5.41, 5.74) is 4.22. The molecule has 0 bridgehead atoms. The molecule has 1 aromatic carbocycles. The summed E-state index contributed by atoms with van der Waals surface area (Å²) in [5, 5.41) is 16.7. The minimum Gasteiger partial charge on any atom is -0.364 e. The fourth-order valence-electron chi connectivity index (χ4n) is 5.34. The highest BCUT2D eigenvalue weighted by atomic mass is 16.1. The van der Waals surface area contributed by atoms with Gasteiger partial charge in [0.15, 0.2) is 0 Å². The monoisotopic (exact) mass is 489 g/mol. The maximum absolute atomic E-state index is 12.9. The number of carbonyl (C=O) groups excluding carboxylic acids is 1. The van der Waals surface area contributed by atoms with Gasteiger partial charge in [-0.1, -0.05) is 26.0 Å². The summed E-state index contributed by atoms with van der Waals surface area (Å²) in [6.45, 7) is 9.87. The third-order valence-electron chi connectivity index (χ3n) is 7.35. The second-order valence-electron chi connectivity index (χ2n) is 9.60. The normalized spacial score (nSPS) is 19.3. The van der Waals surface area contributed by atoms with E-state index < -0.39 is 0 Å². The summed E-state index contributed by atoms with van der Waals surface area (Å²) in [7, 11) is 1.74. The van der Waals surface area contributed by atoms with E-state index in [4.69, 9.17) is 5.26 Å². The molecule has 36 heavy (non-hydrogen) atoms. The lowest BCUT2D eigenvalue weighted by atomic mass is 9.96. The van der Waals surface area contributed by atoms with Gasteiger partial charge in [-0.3, -0.25) is 19.2 Å². The number of hydrogen-bond donors (Lipinski definition) is 1. The second-order valence-corrected chi connectivity index (χ2v) is 9.60. The second kappa shape index (κ2) is 10.5. The fourth-order valence-corrected chi connectivity index (χ4v) is 5.34.